The fourth-order valence-electron chi connectivity index (χ4n) is 9.39. The molecule has 0 N–H and O–H groups in total. The molecule has 0 aromatic heterocycles. The van der Waals surface area contributed by atoms with E-state index in [1.165, 1.54) is 225 Å². The van der Waals surface area contributed by atoms with Gasteiger partial charge in [-0.2, -0.15) is 0 Å². The van der Waals surface area contributed by atoms with Crippen molar-refractivity contribution >= 4 is 17.9 Å². The lowest BCUT2D eigenvalue weighted by atomic mass is 10.0. The maximum Gasteiger partial charge on any atom is 0.306 e. The van der Waals surface area contributed by atoms with Crippen LogP contribution in [0.5, 0.6) is 0 Å². The number of allylic oxidation sites excluding steroid dienone is 6. The van der Waals surface area contributed by atoms with E-state index < -0.39 is 6.10 Å². The summed E-state index contributed by atoms with van der Waals surface area (Å²) in [7, 11) is 0. The van der Waals surface area contributed by atoms with E-state index in [1.54, 1.807) is 0 Å². The third-order valence-electron chi connectivity index (χ3n) is 14.1. The Morgan fingerprint density at radius 2 is 0.507 bits per heavy atom. The zero-order valence-corrected chi connectivity index (χ0v) is 47.8. The van der Waals surface area contributed by atoms with E-state index in [2.05, 4.69) is 57.2 Å². The van der Waals surface area contributed by atoms with Gasteiger partial charge >= 0.3 is 17.9 Å². The molecule has 0 saturated heterocycles. The maximum absolute atomic E-state index is 12.9. The van der Waals surface area contributed by atoms with Crippen molar-refractivity contribution in [2.75, 3.05) is 13.2 Å². The van der Waals surface area contributed by atoms with Gasteiger partial charge in [-0.1, -0.05) is 301 Å². The van der Waals surface area contributed by atoms with Crippen LogP contribution in [0.2, 0.25) is 0 Å². The first-order valence-corrected chi connectivity index (χ1v) is 31.5. The number of carbonyl (C=O) groups is 3. The Kier molecular flexibility index (Phi) is 58.2. The second-order valence-corrected chi connectivity index (χ2v) is 21.3. The zero-order chi connectivity index (χ0) is 51.4. The van der Waals surface area contributed by atoms with Gasteiger partial charge in [-0.25, -0.2) is 0 Å². The van der Waals surface area contributed by atoms with Crippen molar-refractivity contribution < 1.29 is 28.6 Å². The highest BCUT2D eigenvalue weighted by atomic mass is 16.6. The van der Waals surface area contributed by atoms with Gasteiger partial charge in [-0.3, -0.25) is 14.4 Å². The van der Waals surface area contributed by atoms with Gasteiger partial charge in [-0.15, -0.1) is 0 Å². The fraction of sp³-hybridized carbons (Fsp3) is 0.862. The molecule has 0 aliphatic heterocycles. The van der Waals surface area contributed by atoms with Crippen LogP contribution < -0.4 is 0 Å². The summed E-state index contributed by atoms with van der Waals surface area (Å²) < 4.78 is 16.9. The molecule has 0 unspecified atom stereocenters. The molecule has 0 radical (unpaired) electrons. The molecule has 0 aromatic rings. The summed E-state index contributed by atoms with van der Waals surface area (Å²) in [5, 5.41) is 0. The molecule has 0 heterocycles. The van der Waals surface area contributed by atoms with Gasteiger partial charge in [0, 0.05) is 19.3 Å². The molecule has 6 nitrogen and oxygen atoms in total. The molecule has 0 aliphatic rings. The van der Waals surface area contributed by atoms with E-state index in [0.717, 1.165) is 77.0 Å². The van der Waals surface area contributed by atoms with Crippen molar-refractivity contribution in [2.45, 2.75) is 348 Å². The molecule has 0 aromatic carbocycles. The quantitative estimate of drug-likeness (QED) is 0.0261. The summed E-state index contributed by atoms with van der Waals surface area (Å²) >= 11 is 0. The molecule has 0 rings (SSSR count). The lowest BCUT2D eigenvalue weighted by Crippen LogP contribution is -2.30. The third kappa shape index (κ3) is 58.4. The van der Waals surface area contributed by atoms with E-state index in [-0.39, 0.29) is 31.1 Å². The lowest BCUT2D eigenvalue weighted by Gasteiger charge is -2.18. The van der Waals surface area contributed by atoms with Crippen molar-refractivity contribution in [3.63, 3.8) is 0 Å². The Morgan fingerprint density at radius 1 is 0.282 bits per heavy atom. The van der Waals surface area contributed by atoms with Gasteiger partial charge < -0.3 is 14.2 Å². The molecule has 0 bridgehead atoms. The average Bonchev–Trinajstić information content (AvgIpc) is 3.37. The molecule has 0 fully saturated rings. The van der Waals surface area contributed by atoms with Crippen LogP contribution in [-0.2, 0) is 28.6 Å². The maximum atomic E-state index is 12.9. The van der Waals surface area contributed by atoms with Crippen LogP contribution in [0.1, 0.15) is 342 Å². The average molecular weight is 998 g/mol. The van der Waals surface area contributed by atoms with Gasteiger partial charge in [0.1, 0.15) is 13.2 Å². The Morgan fingerprint density at radius 3 is 0.817 bits per heavy atom. The lowest BCUT2D eigenvalue weighted by molar-refractivity contribution is -0.167. The minimum atomic E-state index is -0.774. The van der Waals surface area contributed by atoms with Gasteiger partial charge in [0.15, 0.2) is 6.10 Å². The van der Waals surface area contributed by atoms with Crippen LogP contribution in [-0.4, -0.2) is 37.2 Å². The monoisotopic (exact) mass is 997 g/mol. The van der Waals surface area contributed by atoms with Crippen LogP contribution >= 0.6 is 0 Å². The first-order chi connectivity index (χ1) is 35.0. The SMILES string of the molecule is CCCCC/C=C\C/C=C\C/C=C\CCCCCCCCC(=O)OC[C@@H](COC(=O)CCCCCCCCCCCCCCCCCC)OC(=O)CCCCCCCCCCCCCCCCCCCC. The summed E-state index contributed by atoms with van der Waals surface area (Å²) in [6, 6.07) is 0. The zero-order valence-electron chi connectivity index (χ0n) is 47.8. The summed E-state index contributed by atoms with van der Waals surface area (Å²) in [6.45, 7) is 6.67. The third-order valence-corrected chi connectivity index (χ3v) is 14.1. The topological polar surface area (TPSA) is 78.9 Å². The Bertz CT molecular complexity index is 1190. The van der Waals surface area contributed by atoms with E-state index >= 15 is 0 Å². The molecule has 71 heavy (non-hydrogen) atoms. The van der Waals surface area contributed by atoms with Gasteiger partial charge in [0.25, 0.3) is 0 Å². The van der Waals surface area contributed by atoms with E-state index in [4.69, 9.17) is 14.2 Å². The Hall–Kier alpha value is -2.37. The number of hydrogen-bond donors (Lipinski definition) is 0. The molecule has 0 amide bonds. The second kappa shape index (κ2) is 60.2. The minimum Gasteiger partial charge on any atom is -0.462 e. The van der Waals surface area contributed by atoms with Crippen molar-refractivity contribution in [1.29, 1.82) is 0 Å². The largest absolute Gasteiger partial charge is 0.462 e. The highest BCUT2D eigenvalue weighted by Crippen LogP contribution is 2.17. The Balaban J connectivity index is 4.35. The van der Waals surface area contributed by atoms with Gasteiger partial charge in [-0.05, 0) is 57.8 Å². The minimum absolute atomic E-state index is 0.0709. The normalized spacial score (nSPS) is 12.2. The van der Waals surface area contributed by atoms with Crippen LogP contribution in [0.3, 0.4) is 0 Å². The van der Waals surface area contributed by atoms with Crippen molar-refractivity contribution in [1.82, 2.24) is 0 Å². The summed E-state index contributed by atoms with van der Waals surface area (Å²) in [4.78, 5) is 38.3. The molecule has 0 spiro atoms. The molecular formula is C65H120O6. The number of rotatable bonds is 58. The first-order valence-electron chi connectivity index (χ1n) is 31.5. The van der Waals surface area contributed by atoms with Crippen LogP contribution in [0, 0.1) is 0 Å². The molecule has 1 atom stereocenters. The van der Waals surface area contributed by atoms with Crippen LogP contribution in [0.25, 0.3) is 0 Å². The fourth-order valence-corrected chi connectivity index (χ4v) is 9.39. The molecule has 6 heteroatoms. The second-order valence-electron chi connectivity index (χ2n) is 21.3. The van der Waals surface area contributed by atoms with Crippen LogP contribution in [0.4, 0.5) is 0 Å². The molecule has 0 saturated carbocycles. The number of carbonyl (C=O) groups excluding carboxylic acids is 3. The number of unbranched alkanes of at least 4 members (excludes halogenated alkanes) is 41. The highest BCUT2D eigenvalue weighted by molar-refractivity contribution is 5.71. The Labute approximate surface area is 442 Å². The highest BCUT2D eigenvalue weighted by Gasteiger charge is 2.19. The summed E-state index contributed by atoms with van der Waals surface area (Å²) in [5.74, 6) is -0.859. The predicted molar refractivity (Wildman–Crippen MR) is 307 cm³/mol. The van der Waals surface area contributed by atoms with Crippen molar-refractivity contribution in [3.05, 3.63) is 36.5 Å². The molecular weight excluding hydrogens is 877 g/mol. The molecule has 416 valence electrons. The standard InChI is InChI=1S/C65H120O6/c1-4-7-10-13-16-19-22-25-28-31-33-35-37-40-43-46-49-52-55-58-64(67)70-61-62(60-69-63(66)57-54-51-48-45-42-39-36-30-27-24-21-18-15-12-9-6-3)71-65(68)59-56-53-50-47-44-41-38-34-32-29-26-23-20-17-14-11-8-5-2/h16,19,25,28,33,35,62H,4-15,17-18,20-24,26-27,29-32,34,36-61H2,1-3H3/b19-16-,28-25-,35-33-/t62-/m1/s1. The first kappa shape index (κ1) is 68.6. The van der Waals surface area contributed by atoms with Gasteiger partial charge in [0.05, 0.1) is 0 Å². The number of ether oxygens (including phenoxy) is 3. The van der Waals surface area contributed by atoms with E-state index in [1.807, 2.05) is 0 Å². The predicted octanol–water partition coefficient (Wildman–Crippen LogP) is 21.2. The van der Waals surface area contributed by atoms with Crippen LogP contribution in [0.15, 0.2) is 36.5 Å². The number of esters is 3. The molecule has 0 aliphatic carbocycles. The summed E-state index contributed by atoms with van der Waals surface area (Å²) in [6.07, 6.45) is 72.8. The summed E-state index contributed by atoms with van der Waals surface area (Å²) in [5.41, 5.74) is 0. The smallest absolute Gasteiger partial charge is 0.306 e. The van der Waals surface area contributed by atoms with Gasteiger partial charge in [0.2, 0.25) is 0 Å². The number of hydrogen-bond acceptors (Lipinski definition) is 6. The van der Waals surface area contributed by atoms with E-state index in [0.29, 0.717) is 19.3 Å². The van der Waals surface area contributed by atoms with E-state index in [9.17, 15) is 14.4 Å². The van der Waals surface area contributed by atoms with Crippen molar-refractivity contribution in [3.8, 4) is 0 Å². The van der Waals surface area contributed by atoms with Crippen molar-refractivity contribution in [2.24, 2.45) is 0 Å².